The van der Waals surface area contributed by atoms with Gasteiger partial charge in [0.25, 0.3) is 5.91 Å². The van der Waals surface area contributed by atoms with Gasteiger partial charge in [0.2, 0.25) is 0 Å². The van der Waals surface area contributed by atoms with Crippen molar-refractivity contribution in [1.29, 1.82) is 0 Å². The highest BCUT2D eigenvalue weighted by atomic mass is 16.6. The molecule has 0 spiro atoms. The van der Waals surface area contributed by atoms with Crippen LogP contribution in [-0.4, -0.2) is 97.7 Å². The predicted octanol–water partition coefficient (Wildman–Crippen LogP) is 4.46. The van der Waals surface area contributed by atoms with Crippen LogP contribution in [0.5, 0.6) is 0 Å². The number of anilines is 1. The Kier molecular flexibility index (Phi) is 9.63. The third-order valence-electron chi connectivity index (χ3n) is 8.11. The van der Waals surface area contributed by atoms with Crippen LogP contribution in [-0.2, 0) is 4.74 Å². The number of rotatable bonds is 7. The fourth-order valence-electron chi connectivity index (χ4n) is 5.83. The molecule has 0 aliphatic carbocycles. The van der Waals surface area contributed by atoms with E-state index in [0.717, 1.165) is 83.7 Å². The quantitative estimate of drug-likeness (QED) is 0.487. The van der Waals surface area contributed by atoms with Gasteiger partial charge in [0, 0.05) is 63.6 Å². The van der Waals surface area contributed by atoms with Crippen LogP contribution < -0.4 is 4.90 Å². The van der Waals surface area contributed by atoms with Gasteiger partial charge in [-0.05, 0) is 95.5 Å². The van der Waals surface area contributed by atoms with Crippen molar-refractivity contribution >= 4 is 17.7 Å². The van der Waals surface area contributed by atoms with Crippen LogP contribution in [0.4, 0.5) is 10.5 Å². The molecule has 0 radical (unpaired) electrons. The minimum absolute atomic E-state index is 0.0499. The summed E-state index contributed by atoms with van der Waals surface area (Å²) in [5.74, 6) is 0.904. The number of hydrogen-bond donors (Lipinski definition) is 0. The van der Waals surface area contributed by atoms with E-state index in [1.807, 2.05) is 42.7 Å². The second kappa shape index (κ2) is 12.9. The number of piperidine rings is 2. The number of carbonyl (C=O) groups is 2. The lowest BCUT2D eigenvalue weighted by atomic mass is 9.93. The average molecular weight is 528 g/mol. The molecular weight excluding hydrogens is 482 g/mol. The van der Waals surface area contributed by atoms with E-state index < -0.39 is 5.60 Å². The predicted molar refractivity (Wildman–Crippen MR) is 150 cm³/mol. The van der Waals surface area contributed by atoms with E-state index in [2.05, 4.69) is 27.1 Å². The molecule has 3 fully saturated rings. The maximum absolute atomic E-state index is 13.0. The van der Waals surface area contributed by atoms with Crippen molar-refractivity contribution in [2.45, 2.75) is 58.5 Å². The molecule has 4 rings (SSSR count). The van der Waals surface area contributed by atoms with Crippen LogP contribution >= 0.6 is 0 Å². The van der Waals surface area contributed by atoms with E-state index in [9.17, 15) is 14.5 Å². The molecule has 3 saturated heterocycles. The minimum atomic E-state index is -0.441. The molecule has 0 saturated carbocycles. The van der Waals surface area contributed by atoms with Gasteiger partial charge >= 0.3 is 6.09 Å². The number of ether oxygens (including phenoxy) is 1. The zero-order valence-electron chi connectivity index (χ0n) is 23.4. The van der Waals surface area contributed by atoms with Gasteiger partial charge < -0.3 is 19.4 Å². The van der Waals surface area contributed by atoms with Crippen LogP contribution in [0, 0.1) is 16.7 Å². The average Bonchev–Trinajstić information content (AvgIpc) is 2.91. The Labute approximate surface area is 227 Å². The summed E-state index contributed by atoms with van der Waals surface area (Å²) in [5, 5.41) is 3.03. The molecule has 0 N–H and O–H groups in total. The Hall–Kier alpha value is -2.68. The normalized spacial score (nSPS) is 21.9. The lowest BCUT2D eigenvalue weighted by molar-refractivity contribution is 0.0177. The maximum atomic E-state index is 13.0. The second-order valence-electron chi connectivity index (χ2n) is 12.1. The molecule has 210 valence electrons. The number of piperazine rings is 1. The van der Waals surface area contributed by atoms with Gasteiger partial charge in [-0.1, -0.05) is 5.18 Å². The van der Waals surface area contributed by atoms with Crippen molar-refractivity contribution in [1.82, 2.24) is 14.7 Å². The summed E-state index contributed by atoms with van der Waals surface area (Å²) < 4.78 is 5.51. The third kappa shape index (κ3) is 7.91. The molecule has 1 atom stereocenters. The standard InChI is InChI=1S/C29H45N5O4/c1-29(2,3)38-28(36)33-15-11-23(12-16-33)10-14-31-17-19-32(20-18-31)26-8-6-25(7-9-26)27(35)34-13-4-5-24(22-34)21-30-37/h6-9,23-24H,4-5,10-22H2,1-3H3. The van der Waals surface area contributed by atoms with Gasteiger partial charge in [-0.3, -0.25) is 9.69 Å². The smallest absolute Gasteiger partial charge is 0.410 e. The highest BCUT2D eigenvalue weighted by Gasteiger charge is 2.28. The summed E-state index contributed by atoms with van der Waals surface area (Å²) in [4.78, 5) is 44.6. The molecular formula is C29H45N5O4. The van der Waals surface area contributed by atoms with Gasteiger partial charge in [-0.15, -0.1) is 0 Å². The number of hydrogen-bond acceptors (Lipinski definition) is 7. The fraction of sp³-hybridized carbons (Fsp3) is 0.724. The molecule has 9 nitrogen and oxygen atoms in total. The summed E-state index contributed by atoms with van der Waals surface area (Å²) in [6.07, 6.45) is 5.00. The van der Waals surface area contributed by atoms with Crippen LogP contribution in [0.2, 0.25) is 0 Å². The summed E-state index contributed by atoms with van der Waals surface area (Å²) in [6.45, 7) is 14.1. The first-order chi connectivity index (χ1) is 18.2. The van der Waals surface area contributed by atoms with E-state index in [1.165, 1.54) is 6.42 Å². The largest absolute Gasteiger partial charge is 0.444 e. The van der Waals surface area contributed by atoms with Gasteiger partial charge in [0.1, 0.15) is 5.60 Å². The molecule has 1 aromatic rings. The Morgan fingerprint density at radius 1 is 0.895 bits per heavy atom. The number of likely N-dealkylation sites (tertiary alicyclic amines) is 2. The van der Waals surface area contributed by atoms with Gasteiger partial charge in [-0.25, -0.2) is 4.79 Å². The van der Waals surface area contributed by atoms with E-state index in [1.54, 1.807) is 0 Å². The summed E-state index contributed by atoms with van der Waals surface area (Å²) >= 11 is 0. The number of carbonyl (C=O) groups excluding carboxylic acids is 2. The molecule has 9 heteroatoms. The highest BCUT2D eigenvalue weighted by molar-refractivity contribution is 5.94. The fourth-order valence-corrected chi connectivity index (χ4v) is 5.83. The molecule has 3 heterocycles. The SMILES string of the molecule is CC(C)(C)OC(=O)N1CCC(CCN2CCN(c3ccc(C(=O)N4CCCC(CN=O)C4)cc3)CC2)CC1. The Bertz CT molecular complexity index is 931. The Balaban J connectivity index is 1.16. The summed E-state index contributed by atoms with van der Waals surface area (Å²) in [6, 6.07) is 8.01. The first-order valence-electron chi connectivity index (χ1n) is 14.4. The van der Waals surface area contributed by atoms with Crippen molar-refractivity contribution in [3.8, 4) is 0 Å². The van der Waals surface area contributed by atoms with Gasteiger partial charge in [0.05, 0.1) is 6.54 Å². The molecule has 0 aromatic heterocycles. The number of nitroso groups, excluding NO2 is 1. The summed E-state index contributed by atoms with van der Waals surface area (Å²) in [7, 11) is 0. The topological polar surface area (TPSA) is 85.8 Å². The summed E-state index contributed by atoms with van der Waals surface area (Å²) in [5.41, 5.74) is 1.44. The van der Waals surface area contributed by atoms with E-state index >= 15 is 0 Å². The molecule has 38 heavy (non-hydrogen) atoms. The molecule has 3 aliphatic heterocycles. The van der Waals surface area contributed by atoms with E-state index in [0.29, 0.717) is 24.6 Å². The van der Waals surface area contributed by atoms with Crippen LogP contribution in [0.3, 0.4) is 0 Å². The molecule has 2 amide bonds. The number of amides is 2. The van der Waals surface area contributed by atoms with Gasteiger partial charge in [0.15, 0.2) is 0 Å². The van der Waals surface area contributed by atoms with Crippen LogP contribution in [0.1, 0.15) is 63.2 Å². The molecule has 1 aromatic carbocycles. The van der Waals surface area contributed by atoms with Gasteiger partial charge in [-0.2, -0.15) is 4.91 Å². The number of benzene rings is 1. The van der Waals surface area contributed by atoms with E-state index in [4.69, 9.17) is 4.74 Å². The van der Waals surface area contributed by atoms with Crippen molar-refractivity contribution in [3.63, 3.8) is 0 Å². The Morgan fingerprint density at radius 3 is 2.21 bits per heavy atom. The monoisotopic (exact) mass is 527 g/mol. The first kappa shape index (κ1) is 28.3. The zero-order valence-corrected chi connectivity index (χ0v) is 23.4. The van der Waals surface area contributed by atoms with Crippen LogP contribution in [0.25, 0.3) is 0 Å². The zero-order chi connectivity index (χ0) is 27.1. The molecule has 3 aliphatic rings. The molecule has 0 bridgehead atoms. The third-order valence-corrected chi connectivity index (χ3v) is 8.11. The number of nitrogens with zero attached hydrogens (tertiary/aromatic N) is 5. The lowest BCUT2D eigenvalue weighted by Crippen LogP contribution is -2.47. The first-order valence-corrected chi connectivity index (χ1v) is 14.4. The van der Waals surface area contributed by atoms with E-state index in [-0.39, 0.29) is 17.9 Å². The van der Waals surface area contributed by atoms with Crippen molar-refractivity contribution in [3.05, 3.63) is 34.7 Å². The van der Waals surface area contributed by atoms with Crippen molar-refractivity contribution in [2.75, 3.05) is 70.3 Å². The lowest BCUT2D eigenvalue weighted by Gasteiger charge is -2.38. The highest BCUT2D eigenvalue weighted by Crippen LogP contribution is 2.24. The molecule has 1 unspecified atom stereocenters. The van der Waals surface area contributed by atoms with Crippen molar-refractivity contribution < 1.29 is 14.3 Å². The van der Waals surface area contributed by atoms with Crippen molar-refractivity contribution in [2.24, 2.45) is 17.0 Å². The second-order valence-corrected chi connectivity index (χ2v) is 12.1. The Morgan fingerprint density at radius 2 is 1.58 bits per heavy atom. The van der Waals surface area contributed by atoms with Crippen LogP contribution in [0.15, 0.2) is 29.4 Å². The maximum Gasteiger partial charge on any atom is 0.410 e. The minimum Gasteiger partial charge on any atom is -0.444 e.